The number of nitrogens with one attached hydrogen (secondary N) is 1. The fourth-order valence-corrected chi connectivity index (χ4v) is 2.15. The Morgan fingerprint density at radius 3 is 2.76 bits per heavy atom. The van der Waals surface area contributed by atoms with E-state index in [0.717, 1.165) is 5.76 Å². The van der Waals surface area contributed by atoms with E-state index in [0.29, 0.717) is 22.6 Å². The number of furan rings is 1. The smallest absolute Gasteiger partial charge is 0.251 e. The van der Waals surface area contributed by atoms with Crippen molar-refractivity contribution in [3.05, 3.63) is 53.0 Å². The van der Waals surface area contributed by atoms with Crippen LogP contribution in [0.3, 0.4) is 0 Å². The van der Waals surface area contributed by atoms with E-state index in [9.17, 15) is 9.90 Å². The normalized spacial score (nSPS) is 12.0. The lowest BCUT2D eigenvalue weighted by Crippen LogP contribution is -2.28. The molecule has 2 rings (SSSR count). The molecule has 0 fully saturated rings. The van der Waals surface area contributed by atoms with E-state index in [2.05, 4.69) is 5.32 Å². The van der Waals surface area contributed by atoms with Gasteiger partial charge in [0.1, 0.15) is 17.3 Å². The lowest BCUT2D eigenvalue weighted by atomic mass is 10.1. The van der Waals surface area contributed by atoms with Gasteiger partial charge in [0.2, 0.25) is 0 Å². The number of benzene rings is 1. The summed E-state index contributed by atoms with van der Waals surface area (Å²) in [6.45, 7) is 3.73. The lowest BCUT2D eigenvalue weighted by Gasteiger charge is -2.11. The molecule has 0 saturated carbocycles. The number of hydrogen-bond acceptors (Lipinski definition) is 4. The molecule has 1 atom stereocenters. The second-order valence-electron chi connectivity index (χ2n) is 4.83. The van der Waals surface area contributed by atoms with Crippen LogP contribution >= 0.6 is 0 Å². The SMILES string of the molecule is COc1cccc(C(=O)NCC(O)c2cc(C)oc2C)c1. The summed E-state index contributed by atoms with van der Waals surface area (Å²) in [4.78, 5) is 12.0. The number of carbonyl (C=O) groups is 1. The lowest BCUT2D eigenvalue weighted by molar-refractivity contribution is 0.0915. The van der Waals surface area contributed by atoms with Crippen LogP contribution in [-0.2, 0) is 0 Å². The van der Waals surface area contributed by atoms with E-state index in [4.69, 9.17) is 9.15 Å². The van der Waals surface area contributed by atoms with Crippen molar-refractivity contribution in [2.45, 2.75) is 20.0 Å². The van der Waals surface area contributed by atoms with Gasteiger partial charge in [0.25, 0.3) is 5.91 Å². The van der Waals surface area contributed by atoms with Crippen LogP contribution in [0.15, 0.2) is 34.7 Å². The maximum Gasteiger partial charge on any atom is 0.251 e. The molecule has 1 heterocycles. The Morgan fingerprint density at radius 2 is 2.14 bits per heavy atom. The summed E-state index contributed by atoms with van der Waals surface area (Å²) in [5, 5.41) is 12.8. The number of aryl methyl sites for hydroxylation is 2. The van der Waals surface area contributed by atoms with Gasteiger partial charge in [0, 0.05) is 17.7 Å². The highest BCUT2D eigenvalue weighted by Gasteiger charge is 2.16. The zero-order valence-corrected chi connectivity index (χ0v) is 12.3. The quantitative estimate of drug-likeness (QED) is 0.886. The molecule has 0 radical (unpaired) electrons. The van der Waals surface area contributed by atoms with Gasteiger partial charge in [-0.15, -0.1) is 0 Å². The number of carbonyl (C=O) groups excluding carboxylic acids is 1. The van der Waals surface area contributed by atoms with Gasteiger partial charge in [-0.25, -0.2) is 0 Å². The Labute approximate surface area is 123 Å². The largest absolute Gasteiger partial charge is 0.497 e. The monoisotopic (exact) mass is 289 g/mol. The first-order valence-corrected chi connectivity index (χ1v) is 6.68. The Kier molecular flexibility index (Phi) is 4.65. The van der Waals surface area contributed by atoms with Crippen molar-refractivity contribution in [1.82, 2.24) is 5.32 Å². The van der Waals surface area contributed by atoms with Crippen molar-refractivity contribution < 1.29 is 19.1 Å². The second-order valence-corrected chi connectivity index (χ2v) is 4.83. The Bertz CT molecular complexity index is 633. The maximum absolute atomic E-state index is 12.0. The predicted molar refractivity (Wildman–Crippen MR) is 78.5 cm³/mol. The van der Waals surface area contributed by atoms with Gasteiger partial charge in [-0.1, -0.05) is 6.07 Å². The van der Waals surface area contributed by atoms with E-state index in [1.165, 1.54) is 0 Å². The fraction of sp³-hybridized carbons (Fsp3) is 0.312. The number of aliphatic hydroxyl groups excluding tert-OH is 1. The van der Waals surface area contributed by atoms with Crippen molar-refractivity contribution in [2.75, 3.05) is 13.7 Å². The van der Waals surface area contributed by atoms with Crippen molar-refractivity contribution in [3.63, 3.8) is 0 Å². The first kappa shape index (κ1) is 15.1. The topological polar surface area (TPSA) is 71.7 Å². The Morgan fingerprint density at radius 1 is 1.38 bits per heavy atom. The summed E-state index contributed by atoms with van der Waals surface area (Å²) < 4.78 is 10.4. The number of methoxy groups -OCH3 is 1. The number of amides is 1. The van der Waals surface area contributed by atoms with Crippen LogP contribution in [0.2, 0.25) is 0 Å². The summed E-state index contributed by atoms with van der Waals surface area (Å²) in [5.41, 5.74) is 1.18. The zero-order valence-electron chi connectivity index (χ0n) is 12.3. The third-order valence-electron chi connectivity index (χ3n) is 3.23. The molecule has 1 aromatic carbocycles. The van der Waals surface area contributed by atoms with Crippen LogP contribution in [0.5, 0.6) is 5.75 Å². The molecule has 1 unspecified atom stereocenters. The number of ether oxygens (including phenoxy) is 1. The molecule has 0 aliphatic rings. The minimum absolute atomic E-state index is 0.121. The van der Waals surface area contributed by atoms with E-state index < -0.39 is 6.10 Å². The van der Waals surface area contributed by atoms with Gasteiger partial charge >= 0.3 is 0 Å². The van der Waals surface area contributed by atoms with Crippen LogP contribution in [0.4, 0.5) is 0 Å². The second kappa shape index (κ2) is 6.45. The third-order valence-corrected chi connectivity index (χ3v) is 3.23. The molecular weight excluding hydrogens is 270 g/mol. The highest BCUT2D eigenvalue weighted by molar-refractivity contribution is 5.94. The molecule has 1 amide bonds. The van der Waals surface area contributed by atoms with Crippen LogP contribution in [-0.4, -0.2) is 24.7 Å². The van der Waals surface area contributed by atoms with E-state index in [-0.39, 0.29) is 12.5 Å². The van der Waals surface area contributed by atoms with Crippen molar-refractivity contribution in [1.29, 1.82) is 0 Å². The van der Waals surface area contributed by atoms with Crippen LogP contribution in [0, 0.1) is 13.8 Å². The third kappa shape index (κ3) is 3.64. The molecular formula is C16H19NO4. The first-order chi connectivity index (χ1) is 10.0. The molecule has 5 heteroatoms. The zero-order chi connectivity index (χ0) is 15.4. The number of rotatable bonds is 5. The van der Waals surface area contributed by atoms with Crippen molar-refractivity contribution >= 4 is 5.91 Å². The minimum atomic E-state index is -0.794. The van der Waals surface area contributed by atoms with Crippen LogP contribution in [0.1, 0.15) is 33.5 Å². The minimum Gasteiger partial charge on any atom is -0.497 e. The Hall–Kier alpha value is -2.27. The van der Waals surface area contributed by atoms with Crippen molar-refractivity contribution in [2.24, 2.45) is 0 Å². The van der Waals surface area contributed by atoms with E-state index in [1.54, 1.807) is 44.4 Å². The maximum atomic E-state index is 12.0. The van der Waals surface area contributed by atoms with Crippen LogP contribution < -0.4 is 10.1 Å². The van der Waals surface area contributed by atoms with Crippen molar-refractivity contribution in [3.8, 4) is 5.75 Å². The average molecular weight is 289 g/mol. The molecule has 112 valence electrons. The molecule has 0 aliphatic heterocycles. The van der Waals surface area contributed by atoms with Crippen LogP contribution in [0.25, 0.3) is 0 Å². The molecule has 1 aromatic heterocycles. The standard InChI is InChI=1S/C16H19NO4/c1-10-7-14(11(2)21-10)15(18)9-17-16(19)12-5-4-6-13(8-12)20-3/h4-8,15,18H,9H2,1-3H3,(H,17,19). The molecule has 0 bridgehead atoms. The average Bonchev–Trinajstić information content (AvgIpc) is 2.83. The highest BCUT2D eigenvalue weighted by atomic mass is 16.5. The number of aliphatic hydroxyl groups is 1. The number of hydrogen-bond donors (Lipinski definition) is 2. The summed E-state index contributed by atoms with van der Waals surface area (Å²) >= 11 is 0. The first-order valence-electron chi connectivity index (χ1n) is 6.68. The summed E-state index contributed by atoms with van der Waals surface area (Å²) in [5.74, 6) is 1.76. The highest BCUT2D eigenvalue weighted by Crippen LogP contribution is 2.21. The summed E-state index contributed by atoms with van der Waals surface area (Å²) in [7, 11) is 1.55. The van der Waals surface area contributed by atoms with Gasteiger partial charge in [0.15, 0.2) is 0 Å². The summed E-state index contributed by atoms with van der Waals surface area (Å²) in [6.07, 6.45) is -0.794. The van der Waals surface area contributed by atoms with Gasteiger partial charge in [-0.05, 0) is 38.1 Å². The van der Waals surface area contributed by atoms with Gasteiger partial charge < -0.3 is 19.6 Å². The predicted octanol–water partition coefficient (Wildman–Crippen LogP) is 2.37. The molecule has 2 N–H and O–H groups in total. The molecule has 0 spiro atoms. The van der Waals surface area contributed by atoms with E-state index >= 15 is 0 Å². The molecule has 0 saturated heterocycles. The van der Waals surface area contributed by atoms with Gasteiger partial charge in [-0.2, -0.15) is 0 Å². The van der Waals surface area contributed by atoms with E-state index in [1.807, 2.05) is 6.92 Å². The molecule has 5 nitrogen and oxygen atoms in total. The Balaban J connectivity index is 1.98. The molecule has 21 heavy (non-hydrogen) atoms. The fourth-order valence-electron chi connectivity index (χ4n) is 2.15. The molecule has 2 aromatic rings. The van der Waals surface area contributed by atoms with Gasteiger partial charge in [-0.3, -0.25) is 4.79 Å². The summed E-state index contributed by atoms with van der Waals surface area (Å²) in [6, 6.07) is 8.63. The van der Waals surface area contributed by atoms with Gasteiger partial charge in [0.05, 0.1) is 13.2 Å². The molecule has 0 aliphatic carbocycles.